The number of aromatic nitrogens is 2. The molecule has 0 saturated carbocycles. The molecule has 0 aliphatic carbocycles. The third kappa shape index (κ3) is 4.27. The van der Waals surface area contributed by atoms with Crippen LogP contribution in [0.5, 0.6) is 0 Å². The molecule has 0 atom stereocenters. The zero-order valence-electron chi connectivity index (χ0n) is 13.5. The van der Waals surface area contributed by atoms with E-state index in [9.17, 15) is 4.79 Å². The van der Waals surface area contributed by atoms with E-state index in [0.29, 0.717) is 6.54 Å². The van der Waals surface area contributed by atoms with Crippen molar-refractivity contribution >= 4 is 24.0 Å². The number of hydrogen-bond donors (Lipinski definition) is 2. The summed E-state index contributed by atoms with van der Waals surface area (Å²) < 4.78 is 0. The number of rotatable bonds is 6. The second-order valence-electron chi connectivity index (χ2n) is 5.35. The van der Waals surface area contributed by atoms with E-state index in [-0.39, 0.29) is 18.3 Å². The van der Waals surface area contributed by atoms with Crippen LogP contribution in [-0.4, -0.2) is 22.4 Å². The van der Waals surface area contributed by atoms with Crippen LogP contribution >= 0.6 is 12.4 Å². The monoisotopic (exact) mass is 334 g/mol. The zero-order valence-corrected chi connectivity index (χ0v) is 14.3. The maximum Gasteiger partial charge on any atom is 0.231 e. The molecule has 0 spiro atoms. The highest BCUT2D eigenvalue weighted by atomic mass is 35.5. The number of nitrogens with two attached hydrogens (primary N) is 1. The molecule has 23 heavy (non-hydrogen) atoms. The highest BCUT2D eigenvalue weighted by Gasteiger charge is 2.33. The normalized spacial score (nSPS) is 10.7. The average molecular weight is 335 g/mol. The lowest BCUT2D eigenvalue weighted by atomic mass is 9.81. The first-order chi connectivity index (χ1) is 10.6. The van der Waals surface area contributed by atoms with Crippen molar-refractivity contribution in [3.8, 4) is 11.1 Å². The van der Waals surface area contributed by atoms with Gasteiger partial charge >= 0.3 is 0 Å². The molecule has 0 bridgehead atoms. The molecule has 0 saturated heterocycles. The number of nitrogens with zero attached hydrogens (tertiary/aromatic N) is 2. The molecule has 3 N–H and O–H groups in total. The SMILES string of the molecule is CCC(CC)(CN)C(=O)Nc1ccc(-c2cncnc2)cc1.Cl. The van der Waals surface area contributed by atoms with Crippen molar-refractivity contribution in [2.75, 3.05) is 11.9 Å². The third-order valence-corrected chi connectivity index (χ3v) is 4.26. The van der Waals surface area contributed by atoms with Gasteiger partial charge in [0.1, 0.15) is 6.33 Å². The molecule has 0 aliphatic rings. The molecule has 0 radical (unpaired) electrons. The predicted molar refractivity (Wildman–Crippen MR) is 95.4 cm³/mol. The minimum absolute atomic E-state index is 0. The zero-order chi connectivity index (χ0) is 16.0. The topological polar surface area (TPSA) is 80.9 Å². The Labute approximate surface area is 143 Å². The second kappa shape index (κ2) is 8.60. The quantitative estimate of drug-likeness (QED) is 0.849. The van der Waals surface area contributed by atoms with Crippen molar-refractivity contribution in [3.63, 3.8) is 0 Å². The Hall–Kier alpha value is -1.98. The van der Waals surface area contributed by atoms with Crippen LogP contribution in [0.4, 0.5) is 5.69 Å². The summed E-state index contributed by atoms with van der Waals surface area (Å²) in [5, 5.41) is 2.96. The lowest BCUT2D eigenvalue weighted by molar-refractivity contribution is -0.125. The van der Waals surface area contributed by atoms with Crippen LogP contribution in [0.25, 0.3) is 11.1 Å². The summed E-state index contributed by atoms with van der Waals surface area (Å²) in [5.74, 6) is -0.0178. The molecule has 1 amide bonds. The molecule has 1 aromatic carbocycles. The fourth-order valence-corrected chi connectivity index (χ4v) is 2.41. The number of carbonyl (C=O) groups excluding carboxylic acids is 1. The first-order valence-electron chi connectivity index (χ1n) is 7.52. The highest BCUT2D eigenvalue weighted by molar-refractivity contribution is 5.95. The van der Waals surface area contributed by atoms with Gasteiger partial charge in [-0.3, -0.25) is 4.79 Å². The number of benzene rings is 1. The van der Waals surface area contributed by atoms with Gasteiger partial charge in [-0.15, -0.1) is 12.4 Å². The minimum atomic E-state index is -0.494. The van der Waals surface area contributed by atoms with Crippen molar-refractivity contribution < 1.29 is 4.79 Å². The maximum atomic E-state index is 12.5. The molecule has 0 fully saturated rings. The minimum Gasteiger partial charge on any atom is -0.329 e. The summed E-state index contributed by atoms with van der Waals surface area (Å²) in [6, 6.07) is 7.65. The average Bonchev–Trinajstić information content (AvgIpc) is 2.58. The van der Waals surface area contributed by atoms with Crippen LogP contribution in [0.2, 0.25) is 0 Å². The van der Waals surface area contributed by atoms with Gasteiger partial charge in [-0.25, -0.2) is 9.97 Å². The van der Waals surface area contributed by atoms with Crippen LogP contribution in [0, 0.1) is 5.41 Å². The van der Waals surface area contributed by atoms with Crippen molar-refractivity contribution in [3.05, 3.63) is 43.0 Å². The molecule has 0 unspecified atom stereocenters. The first kappa shape index (κ1) is 19.1. The van der Waals surface area contributed by atoms with E-state index in [1.807, 2.05) is 38.1 Å². The summed E-state index contributed by atoms with van der Waals surface area (Å²) in [6.07, 6.45) is 6.47. The molecule has 124 valence electrons. The van der Waals surface area contributed by atoms with Crippen LogP contribution in [0.15, 0.2) is 43.0 Å². The summed E-state index contributed by atoms with van der Waals surface area (Å²) in [4.78, 5) is 20.5. The van der Waals surface area contributed by atoms with Crippen molar-refractivity contribution in [1.82, 2.24) is 9.97 Å². The van der Waals surface area contributed by atoms with E-state index in [1.165, 1.54) is 6.33 Å². The summed E-state index contributed by atoms with van der Waals surface area (Å²) in [7, 11) is 0. The number of halogens is 1. The van der Waals surface area contributed by atoms with Gasteiger partial charge in [0.25, 0.3) is 0 Å². The van der Waals surface area contributed by atoms with Gasteiger partial charge in [0.05, 0.1) is 5.41 Å². The van der Waals surface area contributed by atoms with E-state index in [2.05, 4.69) is 15.3 Å². The molecule has 0 aliphatic heterocycles. The predicted octanol–water partition coefficient (Wildman–Crippen LogP) is 3.27. The van der Waals surface area contributed by atoms with Gasteiger partial charge in [-0.2, -0.15) is 0 Å². The number of nitrogens with one attached hydrogen (secondary N) is 1. The Morgan fingerprint density at radius 1 is 1.09 bits per heavy atom. The van der Waals surface area contributed by atoms with E-state index in [1.54, 1.807) is 12.4 Å². The third-order valence-electron chi connectivity index (χ3n) is 4.26. The Morgan fingerprint density at radius 2 is 1.65 bits per heavy atom. The van der Waals surface area contributed by atoms with Crippen molar-refractivity contribution in [1.29, 1.82) is 0 Å². The van der Waals surface area contributed by atoms with Crippen molar-refractivity contribution in [2.45, 2.75) is 26.7 Å². The van der Waals surface area contributed by atoms with Gasteiger partial charge in [-0.05, 0) is 30.5 Å². The van der Waals surface area contributed by atoms with E-state index in [0.717, 1.165) is 29.7 Å². The standard InChI is InChI=1S/C17H22N4O.ClH/c1-3-17(4-2,11-18)16(22)21-15-7-5-13(6-8-15)14-9-19-12-20-10-14;/h5-10,12H,3-4,11,18H2,1-2H3,(H,21,22);1H. The molecule has 2 rings (SSSR count). The Balaban J connectivity index is 0.00000264. The van der Waals surface area contributed by atoms with E-state index < -0.39 is 5.41 Å². The fraction of sp³-hybridized carbons (Fsp3) is 0.353. The lowest BCUT2D eigenvalue weighted by Gasteiger charge is -2.28. The molecule has 1 aromatic heterocycles. The van der Waals surface area contributed by atoms with Crippen LogP contribution in [0.1, 0.15) is 26.7 Å². The Kier molecular flexibility index (Phi) is 7.13. The Morgan fingerprint density at radius 3 is 2.13 bits per heavy atom. The number of carbonyl (C=O) groups is 1. The highest BCUT2D eigenvalue weighted by Crippen LogP contribution is 2.27. The molecule has 1 heterocycles. The molecular weight excluding hydrogens is 312 g/mol. The molecular formula is C17H23ClN4O. The van der Waals surface area contributed by atoms with Crippen LogP contribution < -0.4 is 11.1 Å². The second-order valence-corrected chi connectivity index (χ2v) is 5.35. The van der Waals surface area contributed by atoms with Crippen molar-refractivity contribution in [2.24, 2.45) is 11.1 Å². The number of amides is 1. The number of hydrogen-bond acceptors (Lipinski definition) is 4. The summed E-state index contributed by atoms with van der Waals surface area (Å²) in [6.45, 7) is 4.34. The fourth-order valence-electron chi connectivity index (χ4n) is 2.41. The van der Waals surface area contributed by atoms with Crippen LogP contribution in [0.3, 0.4) is 0 Å². The maximum absolute atomic E-state index is 12.5. The first-order valence-corrected chi connectivity index (χ1v) is 7.52. The van der Waals surface area contributed by atoms with E-state index >= 15 is 0 Å². The Bertz CT molecular complexity index is 604. The smallest absolute Gasteiger partial charge is 0.231 e. The summed E-state index contributed by atoms with van der Waals surface area (Å²) >= 11 is 0. The van der Waals surface area contributed by atoms with Gasteiger partial charge in [0.15, 0.2) is 0 Å². The van der Waals surface area contributed by atoms with Gasteiger partial charge < -0.3 is 11.1 Å². The molecule has 2 aromatic rings. The summed E-state index contributed by atoms with van der Waals surface area (Å²) in [5.41, 5.74) is 8.04. The molecule has 5 nitrogen and oxygen atoms in total. The molecule has 6 heteroatoms. The number of anilines is 1. The van der Waals surface area contributed by atoms with E-state index in [4.69, 9.17) is 5.73 Å². The lowest BCUT2D eigenvalue weighted by Crippen LogP contribution is -2.41. The van der Waals surface area contributed by atoms with Gasteiger partial charge in [0, 0.05) is 30.2 Å². The largest absolute Gasteiger partial charge is 0.329 e. The van der Waals surface area contributed by atoms with Crippen LogP contribution in [-0.2, 0) is 4.79 Å². The van der Waals surface area contributed by atoms with Gasteiger partial charge in [0.2, 0.25) is 5.91 Å². The van der Waals surface area contributed by atoms with Gasteiger partial charge in [-0.1, -0.05) is 26.0 Å².